The molecule has 0 spiro atoms. The summed E-state index contributed by atoms with van der Waals surface area (Å²) in [5, 5.41) is 7.02. The fourth-order valence-corrected chi connectivity index (χ4v) is 2.18. The summed E-state index contributed by atoms with van der Waals surface area (Å²) in [6.07, 6.45) is 3.26. The highest BCUT2D eigenvalue weighted by molar-refractivity contribution is 5.93. The zero-order valence-electron chi connectivity index (χ0n) is 13.6. The van der Waals surface area contributed by atoms with Crippen LogP contribution >= 0.6 is 0 Å². The van der Waals surface area contributed by atoms with Gasteiger partial charge in [-0.25, -0.2) is 4.98 Å². The van der Waals surface area contributed by atoms with Crippen LogP contribution in [-0.4, -0.2) is 20.7 Å². The standard InChI is InChI=1S/C18H18N4O2/c1-13-15(12-21-22(13)2)11-20-18(23)14-8-9-17(19-10-14)24-16-6-4-3-5-7-16/h3-10,12H,11H2,1-2H3,(H,20,23). The molecule has 2 aromatic heterocycles. The first-order valence-corrected chi connectivity index (χ1v) is 7.58. The van der Waals surface area contributed by atoms with Crippen molar-refractivity contribution in [3.8, 4) is 11.6 Å². The summed E-state index contributed by atoms with van der Waals surface area (Å²) in [4.78, 5) is 16.4. The Balaban J connectivity index is 1.60. The molecule has 0 radical (unpaired) electrons. The van der Waals surface area contributed by atoms with Crippen molar-refractivity contribution in [3.63, 3.8) is 0 Å². The van der Waals surface area contributed by atoms with E-state index in [1.54, 1.807) is 23.0 Å². The lowest BCUT2D eigenvalue weighted by atomic mass is 10.2. The third kappa shape index (κ3) is 3.60. The number of nitrogens with zero attached hydrogens (tertiary/aromatic N) is 3. The highest BCUT2D eigenvalue weighted by Gasteiger charge is 2.09. The van der Waals surface area contributed by atoms with E-state index in [0.29, 0.717) is 23.7 Å². The quantitative estimate of drug-likeness (QED) is 0.784. The van der Waals surface area contributed by atoms with Gasteiger partial charge in [-0.1, -0.05) is 18.2 Å². The summed E-state index contributed by atoms with van der Waals surface area (Å²) < 4.78 is 7.38. The van der Waals surface area contributed by atoms with Crippen LogP contribution in [0.5, 0.6) is 11.6 Å². The van der Waals surface area contributed by atoms with Crippen LogP contribution < -0.4 is 10.1 Å². The van der Waals surface area contributed by atoms with E-state index in [9.17, 15) is 4.79 Å². The molecule has 1 aromatic carbocycles. The normalized spacial score (nSPS) is 10.4. The molecule has 0 unspecified atom stereocenters. The number of aromatic nitrogens is 3. The van der Waals surface area contributed by atoms with Gasteiger partial charge in [0.1, 0.15) is 5.75 Å². The smallest absolute Gasteiger partial charge is 0.253 e. The Bertz CT molecular complexity index is 826. The van der Waals surface area contributed by atoms with Gasteiger partial charge in [0.05, 0.1) is 11.8 Å². The van der Waals surface area contributed by atoms with Crippen molar-refractivity contribution >= 4 is 5.91 Å². The number of carbonyl (C=O) groups is 1. The third-order valence-corrected chi connectivity index (χ3v) is 3.74. The fourth-order valence-electron chi connectivity index (χ4n) is 2.18. The summed E-state index contributed by atoms with van der Waals surface area (Å²) in [6.45, 7) is 2.40. The van der Waals surface area contributed by atoms with Crippen LogP contribution in [0.3, 0.4) is 0 Å². The Morgan fingerprint density at radius 3 is 2.58 bits per heavy atom. The van der Waals surface area contributed by atoms with Crippen LogP contribution in [0.15, 0.2) is 54.9 Å². The molecule has 3 aromatic rings. The van der Waals surface area contributed by atoms with Gasteiger partial charge in [-0.05, 0) is 25.1 Å². The number of benzene rings is 1. The number of hydrogen-bond acceptors (Lipinski definition) is 4. The number of hydrogen-bond donors (Lipinski definition) is 1. The summed E-state index contributed by atoms with van der Waals surface area (Å²) in [5.74, 6) is 0.965. The lowest BCUT2D eigenvalue weighted by Crippen LogP contribution is -2.23. The molecule has 3 rings (SSSR count). The lowest BCUT2D eigenvalue weighted by molar-refractivity contribution is 0.0950. The summed E-state index contributed by atoms with van der Waals surface area (Å²) in [5.41, 5.74) is 2.50. The van der Waals surface area contributed by atoms with Crippen molar-refractivity contribution in [2.24, 2.45) is 7.05 Å². The maximum atomic E-state index is 12.2. The van der Waals surface area contributed by atoms with Crippen molar-refractivity contribution < 1.29 is 9.53 Å². The van der Waals surface area contributed by atoms with Crippen molar-refractivity contribution in [1.29, 1.82) is 0 Å². The van der Waals surface area contributed by atoms with Gasteiger partial charge in [-0.2, -0.15) is 5.10 Å². The number of amides is 1. The fraction of sp³-hybridized carbons (Fsp3) is 0.167. The average Bonchev–Trinajstić information content (AvgIpc) is 2.93. The first kappa shape index (κ1) is 15.7. The molecule has 2 heterocycles. The van der Waals surface area contributed by atoms with Crippen LogP contribution in [-0.2, 0) is 13.6 Å². The number of rotatable bonds is 5. The van der Waals surface area contributed by atoms with Crippen molar-refractivity contribution in [3.05, 3.63) is 71.7 Å². The molecular weight excluding hydrogens is 304 g/mol. The molecule has 0 atom stereocenters. The van der Waals surface area contributed by atoms with E-state index in [1.165, 1.54) is 6.20 Å². The van der Waals surface area contributed by atoms with E-state index in [4.69, 9.17) is 4.74 Å². The Kier molecular flexibility index (Phi) is 4.56. The Morgan fingerprint density at radius 1 is 1.17 bits per heavy atom. The first-order valence-electron chi connectivity index (χ1n) is 7.58. The van der Waals surface area contributed by atoms with Gasteiger partial charge < -0.3 is 10.1 Å². The summed E-state index contributed by atoms with van der Waals surface area (Å²) in [6, 6.07) is 12.7. The van der Waals surface area contributed by atoms with E-state index in [1.807, 2.05) is 44.3 Å². The molecule has 1 amide bonds. The maximum Gasteiger partial charge on any atom is 0.253 e. The molecule has 24 heavy (non-hydrogen) atoms. The van der Waals surface area contributed by atoms with Gasteiger partial charge in [-0.15, -0.1) is 0 Å². The van der Waals surface area contributed by atoms with E-state index >= 15 is 0 Å². The van der Waals surface area contributed by atoms with Crippen LogP contribution in [0.2, 0.25) is 0 Å². The number of para-hydroxylation sites is 1. The SMILES string of the molecule is Cc1c(CNC(=O)c2ccc(Oc3ccccc3)nc2)cnn1C. The Morgan fingerprint density at radius 2 is 1.96 bits per heavy atom. The topological polar surface area (TPSA) is 69.0 Å². The predicted octanol–water partition coefficient (Wildman–Crippen LogP) is 2.85. The molecule has 6 heteroatoms. The molecule has 0 saturated heterocycles. The first-order chi connectivity index (χ1) is 11.6. The van der Waals surface area contributed by atoms with Crippen LogP contribution in [0.25, 0.3) is 0 Å². The molecule has 0 aliphatic rings. The minimum absolute atomic E-state index is 0.183. The van der Waals surface area contributed by atoms with E-state index < -0.39 is 0 Å². The molecule has 6 nitrogen and oxygen atoms in total. The largest absolute Gasteiger partial charge is 0.439 e. The van der Waals surface area contributed by atoms with Gasteiger partial charge in [0.25, 0.3) is 5.91 Å². The molecular formula is C18H18N4O2. The number of ether oxygens (including phenoxy) is 1. The second-order valence-electron chi connectivity index (χ2n) is 5.36. The third-order valence-electron chi connectivity index (χ3n) is 3.74. The highest BCUT2D eigenvalue weighted by atomic mass is 16.5. The van der Waals surface area contributed by atoms with Gasteiger partial charge in [0.2, 0.25) is 5.88 Å². The van der Waals surface area contributed by atoms with E-state index in [-0.39, 0.29) is 5.91 Å². The van der Waals surface area contributed by atoms with Crippen LogP contribution in [0.1, 0.15) is 21.6 Å². The monoisotopic (exact) mass is 322 g/mol. The molecule has 1 N–H and O–H groups in total. The summed E-state index contributed by atoms with van der Waals surface area (Å²) in [7, 11) is 1.87. The van der Waals surface area contributed by atoms with Gasteiger partial charge in [-0.3, -0.25) is 9.48 Å². The van der Waals surface area contributed by atoms with Crippen molar-refractivity contribution in [1.82, 2.24) is 20.1 Å². The second kappa shape index (κ2) is 6.95. The van der Waals surface area contributed by atoms with Gasteiger partial charge in [0, 0.05) is 37.1 Å². The average molecular weight is 322 g/mol. The maximum absolute atomic E-state index is 12.2. The molecule has 122 valence electrons. The molecule has 0 bridgehead atoms. The minimum Gasteiger partial charge on any atom is -0.439 e. The second-order valence-corrected chi connectivity index (χ2v) is 5.36. The number of carbonyl (C=O) groups excluding carboxylic acids is 1. The molecule has 0 aliphatic carbocycles. The summed E-state index contributed by atoms with van der Waals surface area (Å²) >= 11 is 0. The zero-order valence-corrected chi connectivity index (χ0v) is 13.6. The predicted molar refractivity (Wildman–Crippen MR) is 89.9 cm³/mol. The van der Waals surface area contributed by atoms with Crippen molar-refractivity contribution in [2.75, 3.05) is 0 Å². The lowest BCUT2D eigenvalue weighted by Gasteiger charge is -2.07. The molecule has 0 saturated carbocycles. The van der Waals surface area contributed by atoms with Crippen molar-refractivity contribution in [2.45, 2.75) is 13.5 Å². The number of pyridine rings is 1. The number of nitrogens with one attached hydrogen (secondary N) is 1. The number of aryl methyl sites for hydroxylation is 1. The van der Waals surface area contributed by atoms with Crippen LogP contribution in [0, 0.1) is 6.92 Å². The van der Waals surface area contributed by atoms with Crippen LogP contribution in [0.4, 0.5) is 0 Å². The molecule has 0 fully saturated rings. The Hall–Kier alpha value is -3.15. The zero-order chi connectivity index (χ0) is 16.9. The molecule has 0 aliphatic heterocycles. The minimum atomic E-state index is -0.183. The Labute approximate surface area is 140 Å². The van der Waals surface area contributed by atoms with E-state index in [0.717, 1.165) is 11.3 Å². The highest BCUT2D eigenvalue weighted by Crippen LogP contribution is 2.18. The van der Waals surface area contributed by atoms with Gasteiger partial charge in [0.15, 0.2) is 0 Å². The van der Waals surface area contributed by atoms with E-state index in [2.05, 4.69) is 15.4 Å². The van der Waals surface area contributed by atoms with Gasteiger partial charge >= 0.3 is 0 Å².